The quantitative estimate of drug-likeness (QED) is 0.0641. The normalized spacial score (nSPS) is 11.1. The van der Waals surface area contributed by atoms with Crippen molar-refractivity contribution in [3.05, 3.63) is 83.8 Å². The number of benzene rings is 3. The molecule has 1 heterocycles. The lowest BCUT2D eigenvalue weighted by Gasteiger charge is -2.23. The fourth-order valence-corrected chi connectivity index (χ4v) is 5.44. The van der Waals surface area contributed by atoms with Gasteiger partial charge in [0.2, 0.25) is 0 Å². The van der Waals surface area contributed by atoms with Crippen LogP contribution in [0.3, 0.4) is 0 Å². The van der Waals surface area contributed by atoms with Crippen LogP contribution in [0.1, 0.15) is 32.8 Å². The Balaban J connectivity index is 1.42. The fraction of sp³-hybridized carbons (Fsp3) is 0.324. The third-order valence-corrected chi connectivity index (χ3v) is 7.76. The first-order valence-corrected chi connectivity index (χ1v) is 16.0. The highest BCUT2D eigenvalue weighted by atomic mass is 32.2. The Labute approximate surface area is 286 Å². The zero-order valence-corrected chi connectivity index (χ0v) is 28.7. The summed E-state index contributed by atoms with van der Waals surface area (Å²) >= 11 is 1.10. The monoisotopic (exact) mass is 702 g/mol. The maximum Gasteiger partial charge on any atom is 0.517 e. The Hall–Kier alpha value is -5.05. The molecule has 0 fully saturated rings. The summed E-state index contributed by atoms with van der Waals surface area (Å²) in [5.74, 6) is -0.530. The van der Waals surface area contributed by atoms with E-state index in [1.54, 1.807) is 62.9 Å². The van der Waals surface area contributed by atoms with Crippen LogP contribution in [0.5, 0.6) is 17.2 Å². The van der Waals surface area contributed by atoms with Gasteiger partial charge in [0.1, 0.15) is 34.6 Å². The first-order valence-electron chi connectivity index (χ1n) is 15.0. The van der Waals surface area contributed by atoms with Gasteiger partial charge in [-0.25, -0.2) is 27.7 Å². The van der Waals surface area contributed by atoms with Crippen LogP contribution in [0.4, 0.5) is 34.3 Å². The number of carbonyl (C=O) groups is 2. The zero-order chi connectivity index (χ0) is 35.7. The average Bonchev–Trinajstić information content (AvgIpc) is 3.46. The van der Waals surface area contributed by atoms with E-state index in [1.807, 2.05) is 18.0 Å². The second kappa shape index (κ2) is 16.4. The number of nitrogens with one attached hydrogen (secondary N) is 1. The van der Waals surface area contributed by atoms with Crippen LogP contribution >= 0.6 is 11.8 Å². The van der Waals surface area contributed by atoms with E-state index in [1.165, 1.54) is 19.2 Å². The molecule has 0 radical (unpaired) electrons. The molecule has 262 valence electrons. The molecule has 49 heavy (non-hydrogen) atoms. The molecule has 4 aromatic rings. The van der Waals surface area contributed by atoms with Gasteiger partial charge in [-0.15, -0.1) is 0 Å². The number of anilines is 2. The summed E-state index contributed by atoms with van der Waals surface area (Å²) in [6.07, 6.45) is -0.255. The van der Waals surface area contributed by atoms with E-state index < -0.39 is 35.3 Å². The summed E-state index contributed by atoms with van der Waals surface area (Å²) in [6, 6.07) is 13.3. The minimum absolute atomic E-state index is 0.0190. The van der Waals surface area contributed by atoms with Crippen molar-refractivity contribution in [1.82, 2.24) is 14.9 Å². The second-order valence-corrected chi connectivity index (χ2v) is 12.4. The Bertz CT molecular complexity index is 1740. The molecule has 0 bridgehead atoms. The lowest BCUT2D eigenvalue weighted by atomic mass is 10.2. The molecule has 1 aromatic heterocycles. The van der Waals surface area contributed by atoms with Crippen LogP contribution in [0.15, 0.2) is 66.0 Å². The van der Waals surface area contributed by atoms with Gasteiger partial charge in [-0.2, -0.15) is 0 Å². The van der Waals surface area contributed by atoms with Gasteiger partial charge >= 0.3 is 12.2 Å². The number of nitrogens with zero attached hydrogens (tertiary/aromatic N) is 3. The fourth-order valence-electron chi connectivity index (χ4n) is 4.44. The second-order valence-electron chi connectivity index (χ2n) is 11.4. The van der Waals surface area contributed by atoms with Gasteiger partial charge in [-0.3, -0.25) is 4.57 Å². The number of methoxy groups -OCH3 is 2. The molecule has 0 saturated heterocycles. The predicted molar refractivity (Wildman–Crippen MR) is 178 cm³/mol. The lowest BCUT2D eigenvalue weighted by molar-refractivity contribution is 0.00900. The van der Waals surface area contributed by atoms with E-state index in [0.717, 1.165) is 29.6 Å². The van der Waals surface area contributed by atoms with Crippen molar-refractivity contribution in [3.63, 3.8) is 0 Å². The highest BCUT2D eigenvalue weighted by Gasteiger charge is 2.22. The molecule has 15 heteroatoms. The summed E-state index contributed by atoms with van der Waals surface area (Å²) in [5, 5.41) is 2.77. The summed E-state index contributed by atoms with van der Waals surface area (Å²) in [7, 11) is 4.89. The number of amides is 1. The zero-order valence-electron chi connectivity index (χ0n) is 27.8. The van der Waals surface area contributed by atoms with Crippen molar-refractivity contribution in [3.8, 4) is 22.9 Å². The third-order valence-electron chi connectivity index (χ3n) is 6.78. The van der Waals surface area contributed by atoms with Crippen molar-refractivity contribution in [2.75, 3.05) is 39.3 Å². The molecule has 0 aliphatic rings. The highest BCUT2D eigenvalue weighted by Crippen LogP contribution is 2.37. The maximum absolute atomic E-state index is 15.1. The van der Waals surface area contributed by atoms with Crippen molar-refractivity contribution >= 4 is 35.5 Å². The summed E-state index contributed by atoms with van der Waals surface area (Å²) in [6.45, 7) is 4.98. The number of thioether (sulfide) groups is 1. The highest BCUT2D eigenvalue weighted by molar-refractivity contribution is 7.98. The molecule has 0 unspecified atom stereocenters. The Kier molecular flexibility index (Phi) is 12.3. The average molecular weight is 703 g/mol. The minimum atomic E-state index is -1.13. The largest absolute Gasteiger partial charge is 0.517 e. The molecule has 0 atom stereocenters. The van der Waals surface area contributed by atoms with Crippen molar-refractivity contribution in [2.24, 2.45) is 0 Å². The number of hydrogen-bond donors (Lipinski definition) is 1. The predicted octanol–water partition coefficient (Wildman–Crippen LogP) is 7.80. The SMILES string of the molecule is COc1ccc(N(C)c2cnc(SCc3c(F)cc(OCCCNC(=O)OC(=O)OC(C)(C)C)cc3F)n2-c2ccc(F)cc2)cc1OC. The lowest BCUT2D eigenvalue weighted by Crippen LogP contribution is -2.32. The molecule has 11 nitrogen and oxygen atoms in total. The van der Waals surface area contributed by atoms with E-state index in [2.05, 4.69) is 15.0 Å². The molecule has 4 rings (SSSR count). The maximum atomic E-state index is 15.1. The Morgan fingerprint density at radius 1 is 0.959 bits per heavy atom. The van der Waals surface area contributed by atoms with E-state index in [0.29, 0.717) is 28.2 Å². The number of alkyl carbamates (subject to hydrolysis) is 1. The van der Waals surface area contributed by atoms with Crippen LogP contribution in [-0.2, 0) is 15.2 Å². The molecule has 0 aliphatic heterocycles. The molecule has 3 aromatic carbocycles. The van der Waals surface area contributed by atoms with Gasteiger partial charge in [0.05, 0.1) is 27.0 Å². The van der Waals surface area contributed by atoms with Crippen LogP contribution in [0.2, 0.25) is 0 Å². The molecule has 0 saturated carbocycles. The summed E-state index contributed by atoms with van der Waals surface area (Å²) < 4.78 is 71.5. The smallest absolute Gasteiger partial charge is 0.493 e. The number of hydrogen-bond acceptors (Lipinski definition) is 10. The van der Waals surface area contributed by atoms with Crippen LogP contribution in [-0.4, -0.2) is 61.8 Å². The van der Waals surface area contributed by atoms with E-state index in [9.17, 15) is 14.0 Å². The number of halogens is 3. The summed E-state index contributed by atoms with van der Waals surface area (Å²) in [4.78, 5) is 29.6. The Morgan fingerprint density at radius 3 is 2.27 bits per heavy atom. The van der Waals surface area contributed by atoms with Gasteiger partial charge in [0.25, 0.3) is 0 Å². The van der Waals surface area contributed by atoms with Crippen molar-refractivity contribution in [1.29, 1.82) is 0 Å². The standard InChI is InChI=1S/C34H37F3N4O7S/c1-34(2,3)48-33(43)47-32(42)38-14-7-15-46-24-17-26(36)25(27(37)18-24)20-49-31-39-19-30(41(31)22-10-8-21(35)9-11-22)40(4)23-12-13-28(44-5)29(16-23)45-6/h8-13,16-19H,7,14-15,20H2,1-6H3,(H,38,42). The van der Waals surface area contributed by atoms with Gasteiger partial charge in [0.15, 0.2) is 16.7 Å². The molecule has 1 N–H and O–H groups in total. The number of imidazole rings is 1. The minimum Gasteiger partial charge on any atom is -0.493 e. The molecule has 0 spiro atoms. The van der Waals surface area contributed by atoms with Gasteiger partial charge in [-0.1, -0.05) is 11.8 Å². The van der Waals surface area contributed by atoms with Crippen LogP contribution in [0.25, 0.3) is 5.69 Å². The first kappa shape index (κ1) is 36.8. The summed E-state index contributed by atoms with van der Waals surface area (Å²) in [5.41, 5.74) is 0.319. The molecule has 0 aliphatic carbocycles. The van der Waals surface area contributed by atoms with E-state index >= 15 is 8.78 Å². The van der Waals surface area contributed by atoms with Gasteiger partial charge < -0.3 is 33.9 Å². The van der Waals surface area contributed by atoms with E-state index in [4.69, 9.17) is 18.9 Å². The van der Waals surface area contributed by atoms with Crippen molar-refractivity contribution in [2.45, 2.75) is 43.7 Å². The third kappa shape index (κ3) is 9.98. The number of aromatic nitrogens is 2. The Morgan fingerprint density at radius 2 is 1.63 bits per heavy atom. The van der Waals surface area contributed by atoms with Gasteiger partial charge in [0, 0.05) is 54.5 Å². The van der Waals surface area contributed by atoms with Crippen LogP contribution < -0.4 is 24.4 Å². The van der Waals surface area contributed by atoms with Gasteiger partial charge in [-0.05, 0) is 63.6 Å². The molecule has 1 amide bonds. The first-order chi connectivity index (χ1) is 23.3. The van der Waals surface area contributed by atoms with E-state index in [-0.39, 0.29) is 36.6 Å². The topological polar surface area (TPSA) is 113 Å². The van der Waals surface area contributed by atoms with Crippen molar-refractivity contribution < 1.29 is 46.4 Å². The molecular formula is C34H37F3N4O7S. The van der Waals surface area contributed by atoms with Crippen LogP contribution in [0, 0.1) is 17.5 Å². The number of ether oxygens (including phenoxy) is 5. The number of rotatable bonds is 13. The number of carbonyl (C=O) groups excluding carboxylic acids is 2. The molecular weight excluding hydrogens is 665 g/mol.